The van der Waals surface area contributed by atoms with Gasteiger partial charge in [0, 0.05) is 19.9 Å². The molecule has 1 aromatic carbocycles. The Morgan fingerprint density at radius 2 is 1.98 bits per heavy atom. The summed E-state index contributed by atoms with van der Waals surface area (Å²) in [5, 5.41) is 7.09. The minimum absolute atomic E-state index is 0.0504. The van der Waals surface area contributed by atoms with Crippen LogP contribution in [0.3, 0.4) is 0 Å². The van der Waals surface area contributed by atoms with Gasteiger partial charge < -0.3 is 31.3 Å². The van der Waals surface area contributed by atoms with Crippen LogP contribution in [0.4, 0.5) is 19.4 Å². The summed E-state index contributed by atoms with van der Waals surface area (Å²) < 4.78 is 32.9. The van der Waals surface area contributed by atoms with Gasteiger partial charge in [0.05, 0.1) is 32.3 Å². The molecule has 0 aliphatic carbocycles. The molecule has 1 atom stereocenters. The molecular formula is C28H37F2N7O4. The molecule has 1 unspecified atom stereocenters. The number of amides is 4. The molecule has 2 heterocycles. The lowest BCUT2D eigenvalue weighted by atomic mass is 10.1. The van der Waals surface area contributed by atoms with E-state index >= 15 is 0 Å². The van der Waals surface area contributed by atoms with E-state index in [9.17, 15) is 23.2 Å². The lowest BCUT2D eigenvalue weighted by Gasteiger charge is -2.38. The smallest absolute Gasteiger partial charge is 0.318 e. The van der Waals surface area contributed by atoms with Crippen LogP contribution in [-0.4, -0.2) is 79.3 Å². The molecule has 3 rings (SSSR count). The number of rotatable bonds is 10. The van der Waals surface area contributed by atoms with Crippen LogP contribution in [0.25, 0.3) is 0 Å². The summed E-state index contributed by atoms with van der Waals surface area (Å²) in [6, 6.07) is 9.95. The van der Waals surface area contributed by atoms with Crippen molar-refractivity contribution < 1.29 is 27.9 Å². The van der Waals surface area contributed by atoms with Gasteiger partial charge in [0.1, 0.15) is 11.5 Å². The van der Waals surface area contributed by atoms with Gasteiger partial charge in [0.25, 0.3) is 11.8 Å². The number of nitrogens with one attached hydrogen (secondary N) is 3. The molecular weight excluding hydrogens is 536 g/mol. The van der Waals surface area contributed by atoms with Crippen molar-refractivity contribution in [3.05, 3.63) is 71.6 Å². The summed E-state index contributed by atoms with van der Waals surface area (Å²) in [7, 11) is 1.38. The molecule has 1 aliphatic heterocycles. The Morgan fingerprint density at radius 1 is 1.27 bits per heavy atom. The van der Waals surface area contributed by atoms with Crippen LogP contribution >= 0.6 is 0 Å². The Labute approximate surface area is 238 Å². The number of ether oxygens (including phenoxy) is 1. The van der Waals surface area contributed by atoms with Gasteiger partial charge in [-0.1, -0.05) is 35.4 Å². The molecule has 2 aromatic rings. The molecule has 4 amide bonds. The number of alkyl halides is 2. The third-order valence-electron chi connectivity index (χ3n) is 5.70. The second kappa shape index (κ2) is 16.0. The van der Waals surface area contributed by atoms with Crippen molar-refractivity contribution in [2.45, 2.75) is 32.7 Å². The highest BCUT2D eigenvalue weighted by Gasteiger charge is 2.42. The van der Waals surface area contributed by atoms with Gasteiger partial charge in [-0.2, -0.15) is 0 Å². The lowest BCUT2D eigenvalue weighted by molar-refractivity contribution is -0.120. The number of aliphatic imine (C=N–C) groups is 1. The lowest BCUT2D eigenvalue weighted by Crippen LogP contribution is -2.58. The molecule has 11 nitrogen and oxygen atoms in total. The van der Waals surface area contributed by atoms with Crippen LogP contribution in [0.2, 0.25) is 0 Å². The highest BCUT2D eigenvalue weighted by Crippen LogP contribution is 2.28. The summed E-state index contributed by atoms with van der Waals surface area (Å²) in [5.74, 6) is -4.14. The van der Waals surface area contributed by atoms with Gasteiger partial charge in [0.15, 0.2) is 0 Å². The third kappa shape index (κ3) is 11.0. The maximum atomic E-state index is 13.9. The number of nitrogens with two attached hydrogens (primary N) is 1. The first kappa shape index (κ1) is 32.8. The largest absolute Gasteiger partial charge is 0.405 e. The number of benzene rings is 1. The van der Waals surface area contributed by atoms with E-state index in [0.29, 0.717) is 12.1 Å². The van der Waals surface area contributed by atoms with Crippen molar-refractivity contribution in [2.75, 3.05) is 45.2 Å². The minimum Gasteiger partial charge on any atom is -0.405 e. The van der Waals surface area contributed by atoms with Gasteiger partial charge in [-0.05, 0) is 50.7 Å². The number of hydrogen-bond donors (Lipinski definition) is 4. The molecule has 0 saturated carbocycles. The Balaban J connectivity index is 0.000000629. The molecule has 5 N–H and O–H groups in total. The summed E-state index contributed by atoms with van der Waals surface area (Å²) in [5.41, 5.74) is 8.47. The SMILES string of the molecule is CCN=C(/C=C\N)C(=O)NCC(=O)Nc1cc(C(COC)N2CC(F)(F)CNC2=O)ccn1.Cc1cccc(C)c1. The van der Waals surface area contributed by atoms with E-state index in [1.165, 1.54) is 48.8 Å². The number of nitrogens with zero attached hydrogens (tertiary/aromatic N) is 3. The topological polar surface area (TPSA) is 151 Å². The Bertz CT molecular complexity index is 1240. The standard InChI is InChI=1S/C20H27F2N7O4.C8H10/c1-3-24-14(4-6-23)18(31)26-9-17(30)28-16-8-13(5-7-25-16)15(10-33-2)29-12-20(21,22)11-27-19(29)32;1-7-4-3-5-8(2)6-7/h4-8,15H,3,9-12,23H2,1-2H3,(H,26,31)(H,27,32)(H,25,28,30);3-6H,1-2H3/b6-4-,24-14?;. The maximum Gasteiger partial charge on any atom is 0.318 e. The quantitative estimate of drug-likeness (QED) is 0.321. The van der Waals surface area contributed by atoms with Gasteiger partial charge in [-0.25, -0.2) is 18.6 Å². The molecule has 1 aromatic heterocycles. The van der Waals surface area contributed by atoms with Gasteiger partial charge in [-0.15, -0.1) is 0 Å². The fraction of sp³-hybridized carbons (Fsp3) is 0.393. The van der Waals surface area contributed by atoms with Gasteiger partial charge in [0.2, 0.25) is 5.91 Å². The van der Waals surface area contributed by atoms with E-state index in [2.05, 4.69) is 64.0 Å². The Hall–Kier alpha value is -4.39. The van der Waals surface area contributed by atoms with Crippen LogP contribution in [-0.2, 0) is 14.3 Å². The van der Waals surface area contributed by atoms with Gasteiger partial charge in [-0.3, -0.25) is 14.6 Å². The Morgan fingerprint density at radius 3 is 2.56 bits per heavy atom. The molecule has 1 fully saturated rings. The molecule has 0 spiro atoms. The summed E-state index contributed by atoms with van der Waals surface area (Å²) >= 11 is 0. The number of carbonyl (C=O) groups excluding carboxylic acids is 3. The third-order valence-corrected chi connectivity index (χ3v) is 5.70. The van der Waals surface area contributed by atoms with Gasteiger partial charge >= 0.3 is 6.03 Å². The summed E-state index contributed by atoms with van der Waals surface area (Å²) in [4.78, 5) is 45.5. The zero-order valence-corrected chi connectivity index (χ0v) is 23.6. The number of aromatic nitrogens is 1. The van der Waals surface area contributed by atoms with Crippen LogP contribution in [0, 0.1) is 13.8 Å². The zero-order chi connectivity index (χ0) is 30.4. The van der Waals surface area contributed by atoms with Crippen LogP contribution in [0.5, 0.6) is 0 Å². The first-order valence-corrected chi connectivity index (χ1v) is 12.9. The number of hydrogen-bond acceptors (Lipinski definition) is 7. The second-order valence-corrected chi connectivity index (χ2v) is 9.20. The van der Waals surface area contributed by atoms with Crippen molar-refractivity contribution in [1.29, 1.82) is 0 Å². The van der Waals surface area contributed by atoms with Crippen LogP contribution < -0.4 is 21.7 Å². The average Bonchev–Trinajstić information content (AvgIpc) is 2.92. The number of aryl methyl sites for hydroxylation is 2. The van der Waals surface area contributed by atoms with Crippen molar-refractivity contribution in [2.24, 2.45) is 10.7 Å². The van der Waals surface area contributed by atoms with E-state index in [-0.39, 0.29) is 24.7 Å². The van der Waals surface area contributed by atoms with Crippen LogP contribution in [0.1, 0.15) is 29.7 Å². The molecule has 222 valence electrons. The number of halogens is 2. The highest BCUT2D eigenvalue weighted by atomic mass is 19.3. The molecule has 13 heteroatoms. The normalized spacial score (nSPS) is 15.4. The van der Waals surface area contributed by atoms with E-state index in [1.807, 2.05) is 0 Å². The predicted molar refractivity (Wildman–Crippen MR) is 153 cm³/mol. The summed E-state index contributed by atoms with van der Waals surface area (Å²) in [6.07, 6.45) is 3.85. The van der Waals surface area contributed by atoms with Crippen LogP contribution in [0.15, 0.2) is 59.9 Å². The number of carbonyl (C=O) groups is 3. The fourth-order valence-corrected chi connectivity index (χ4v) is 3.89. The van der Waals surface area contributed by atoms with E-state index in [4.69, 9.17) is 10.5 Å². The molecule has 1 saturated heterocycles. The monoisotopic (exact) mass is 573 g/mol. The van der Waals surface area contributed by atoms with Crippen molar-refractivity contribution in [3.8, 4) is 0 Å². The zero-order valence-electron chi connectivity index (χ0n) is 23.6. The van der Waals surface area contributed by atoms with E-state index < -0.39 is 42.9 Å². The number of pyridine rings is 1. The summed E-state index contributed by atoms with van der Waals surface area (Å²) in [6.45, 7) is 4.38. The fourth-order valence-electron chi connectivity index (χ4n) is 3.89. The van der Waals surface area contributed by atoms with E-state index in [1.54, 1.807) is 6.92 Å². The molecule has 41 heavy (non-hydrogen) atoms. The maximum absolute atomic E-state index is 13.9. The second-order valence-electron chi connectivity index (χ2n) is 9.20. The highest BCUT2D eigenvalue weighted by molar-refractivity contribution is 6.43. The first-order chi connectivity index (χ1) is 19.5. The predicted octanol–water partition coefficient (Wildman–Crippen LogP) is 2.72. The first-order valence-electron chi connectivity index (χ1n) is 12.9. The Kier molecular flexibility index (Phi) is 12.8. The minimum atomic E-state index is -3.10. The number of urea groups is 1. The van der Waals surface area contributed by atoms with Crippen molar-refractivity contribution >= 4 is 29.4 Å². The molecule has 0 radical (unpaired) electrons. The number of methoxy groups -OCH3 is 1. The number of anilines is 1. The van der Waals surface area contributed by atoms with E-state index in [0.717, 1.165) is 4.90 Å². The van der Waals surface area contributed by atoms with Crippen molar-refractivity contribution in [3.63, 3.8) is 0 Å². The average molecular weight is 574 g/mol. The molecule has 0 bridgehead atoms. The molecule has 1 aliphatic rings. The van der Waals surface area contributed by atoms with Crippen molar-refractivity contribution in [1.82, 2.24) is 20.5 Å².